The Bertz CT molecular complexity index is 682. The molecule has 1 aliphatic rings. The van der Waals surface area contributed by atoms with Gasteiger partial charge in [-0.2, -0.15) is 0 Å². The Labute approximate surface area is 123 Å². The third kappa shape index (κ3) is 3.14. The average Bonchev–Trinajstić information content (AvgIpc) is 2.85. The van der Waals surface area contributed by atoms with E-state index < -0.39 is 0 Å². The predicted molar refractivity (Wildman–Crippen MR) is 85.1 cm³/mol. The molecule has 0 saturated carbocycles. The Morgan fingerprint density at radius 1 is 1.05 bits per heavy atom. The summed E-state index contributed by atoms with van der Waals surface area (Å²) in [6, 6.07) is 15.1. The van der Waals surface area contributed by atoms with Crippen LogP contribution in [0.1, 0.15) is 5.56 Å². The highest BCUT2D eigenvalue weighted by Crippen LogP contribution is 2.32. The van der Waals surface area contributed by atoms with Gasteiger partial charge in [0.15, 0.2) is 0 Å². The molecule has 0 unspecified atom stereocenters. The highest BCUT2D eigenvalue weighted by Gasteiger charge is 2.13. The zero-order chi connectivity index (χ0) is 14.7. The van der Waals surface area contributed by atoms with E-state index in [0.717, 1.165) is 28.4 Å². The van der Waals surface area contributed by atoms with Crippen molar-refractivity contribution in [3.05, 3.63) is 66.5 Å². The van der Waals surface area contributed by atoms with Crippen molar-refractivity contribution in [3.8, 4) is 0 Å². The van der Waals surface area contributed by atoms with Gasteiger partial charge in [0.2, 0.25) is 0 Å². The van der Waals surface area contributed by atoms with Crippen molar-refractivity contribution in [3.63, 3.8) is 0 Å². The molecule has 0 bridgehead atoms. The number of carbonyl (C=O) groups is 1. The van der Waals surface area contributed by atoms with Crippen molar-refractivity contribution in [2.45, 2.75) is 6.54 Å². The third-order valence-electron chi connectivity index (χ3n) is 3.14. The average molecular weight is 280 g/mol. The minimum Gasteiger partial charge on any atom is -0.341 e. The Kier molecular flexibility index (Phi) is 3.47. The molecule has 106 valence electrons. The number of nitrogens with one attached hydrogen (secondary N) is 4. The van der Waals surface area contributed by atoms with Gasteiger partial charge < -0.3 is 21.3 Å². The van der Waals surface area contributed by atoms with Crippen LogP contribution in [0.3, 0.4) is 0 Å². The summed E-state index contributed by atoms with van der Waals surface area (Å²) in [7, 11) is 0. The fourth-order valence-electron chi connectivity index (χ4n) is 2.14. The number of hydrogen-bond acceptors (Lipinski definition) is 3. The fraction of sp³-hybridized carbons (Fsp3) is 0.0625. The van der Waals surface area contributed by atoms with Crippen LogP contribution >= 0.6 is 0 Å². The summed E-state index contributed by atoms with van der Waals surface area (Å²) in [5, 5.41) is 11.8. The monoisotopic (exact) mass is 280 g/mol. The van der Waals surface area contributed by atoms with Gasteiger partial charge in [0, 0.05) is 12.2 Å². The topological polar surface area (TPSA) is 65.2 Å². The number of benzene rings is 2. The van der Waals surface area contributed by atoms with Crippen LogP contribution < -0.4 is 21.3 Å². The van der Waals surface area contributed by atoms with Gasteiger partial charge in [-0.25, -0.2) is 4.79 Å². The van der Waals surface area contributed by atoms with Crippen LogP contribution in [-0.4, -0.2) is 6.03 Å². The molecule has 0 saturated heterocycles. The first-order valence-corrected chi connectivity index (χ1v) is 6.66. The van der Waals surface area contributed by atoms with E-state index in [4.69, 9.17) is 0 Å². The summed E-state index contributed by atoms with van der Waals surface area (Å²) in [4.78, 5) is 11.9. The lowest BCUT2D eigenvalue weighted by atomic mass is 10.2. The molecule has 2 aromatic carbocycles. The molecule has 0 fully saturated rings. The maximum absolute atomic E-state index is 11.9. The minimum atomic E-state index is -0.233. The second kappa shape index (κ2) is 5.58. The van der Waals surface area contributed by atoms with Crippen molar-refractivity contribution >= 4 is 23.1 Å². The lowest BCUT2D eigenvalue weighted by Gasteiger charge is -2.08. The molecule has 0 atom stereocenters. The largest absolute Gasteiger partial charge is 0.341 e. The van der Waals surface area contributed by atoms with E-state index in [1.165, 1.54) is 0 Å². The highest BCUT2D eigenvalue weighted by molar-refractivity contribution is 5.92. The number of rotatable bonds is 3. The van der Waals surface area contributed by atoms with Gasteiger partial charge in [0.25, 0.3) is 0 Å². The van der Waals surface area contributed by atoms with E-state index in [9.17, 15) is 4.79 Å². The van der Waals surface area contributed by atoms with E-state index in [1.807, 2.05) is 48.5 Å². The molecule has 2 aromatic rings. The first kappa shape index (κ1) is 13.1. The molecule has 5 heteroatoms. The predicted octanol–water partition coefficient (Wildman–Crippen LogP) is 3.32. The quantitative estimate of drug-likeness (QED) is 0.697. The Hall–Kier alpha value is -2.95. The summed E-state index contributed by atoms with van der Waals surface area (Å²) in [5.74, 6) is 0.732. The van der Waals surface area contributed by atoms with Crippen LogP contribution in [0.15, 0.2) is 60.9 Å². The number of amides is 2. The van der Waals surface area contributed by atoms with Crippen LogP contribution in [-0.2, 0) is 6.54 Å². The number of hydrogen-bond donors (Lipinski definition) is 4. The van der Waals surface area contributed by atoms with Crippen LogP contribution in [0, 0.1) is 0 Å². The zero-order valence-corrected chi connectivity index (χ0v) is 11.4. The highest BCUT2D eigenvalue weighted by atomic mass is 16.2. The summed E-state index contributed by atoms with van der Waals surface area (Å²) in [6.45, 7) is 4.29. The van der Waals surface area contributed by atoms with Crippen molar-refractivity contribution in [2.75, 3.05) is 16.0 Å². The molecule has 0 aliphatic carbocycles. The first-order chi connectivity index (χ1) is 10.2. The number of fused-ring (bicyclic) bond motifs is 1. The molecule has 21 heavy (non-hydrogen) atoms. The Morgan fingerprint density at radius 3 is 2.62 bits per heavy atom. The smallest absolute Gasteiger partial charge is 0.319 e. The van der Waals surface area contributed by atoms with Crippen molar-refractivity contribution in [1.82, 2.24) is 5.32 Å². The molecule has 1 aliphatic heterocycles. The van der Waals surface area contributed by atoms with E-state index in [1.54, 1.807) is 0 Å². The van der Waals surface area contributed by atoms with Crippen LogP contribution in [0.25, 0.3) is 0 Å². The SMILES string of the molecule is C=C1Nc2ccc(NC(=O)NCc3ccccc3)cc2N1. The maximum Gasteiger partial charge on any atom is 0.319 e. The number of carbonyl (C=O) groups excluding carboxylic acids is 1. The summed E-state index contributed by atoms with van der Waals surface area (Å²) in [6.07, 6.45) is 0. The Morgan fingerprint density at radius 2 is 1.81 bits per heavy atom. The van der Waals surface area contributed by atoms with Gasteiger partial charge in [0.1, 0.15) is 5.82 Å². The molecule has 0 aromatic heterocycles. The lowest BCUT2D eigenvalue weighted by molar-refractivity contribution is 0.251. The number of anilines is 3. The van der Waals surface area contributed by atoms with E-state index in [-0.39, 0.29) is 6.03 Å². The molecule has 4 N–H and O–H groups in total. The van der Waals surface area contributed by atoms with E-state index >= 15 is 0 Å². The van der Waals surface area contributed by atoms with Gasteiger partial charge >= 0.3 is 6.03 Å². The second-order valence-corrected chi connectivity index (χ2v) is 4.78. The van der Waals surface area contributed by atoms with Gasteiger partial charge in [-0.05, 0) is 23.8 Å². The number of urea groups is 1. The molecular formula is C16H16N4O. The summed E-state index contributed by atoms with van der Waals surface area (Å²) in [5.41, 5.74) is 3.64. The minimum absolute atomic E-state index is 0.233. The van der Waals surface area contributed by atoms with Gasteiger partial charge in [-0.3, -0.25) is 0 Å². The molecule has 0 radical (unpaired) electrons. The van der Waals surface area contributed by atoms with Crippen molar-refractivity contribution < 1.29 is 4.79 Å². The van der Waals surface area contributed by atoms with Gasteiger partial charge in [0.05, 0.1) is 11.4 Å². The van der Waals surface area contributed by atoms with Crippen molar-refractivity contribution in [1.29, 1.82) is 0 Å². The zero-order valence-electron chi connectivity index (χ0n) is 11.4. The van der Waals surface area contributed by atoms with Crippen LogP contribution in [0.5, 0.6) is 0 Å². The summed E-state index contributed by atoms with van der Waals surface area (Å²) >= 11 is 0. The second-order valence-electron chi connectivity index (χ2n) is 4.78. The van der Waals surface area contributed by atoms with Crippen molar-refractivity contribution in [2.24, 2.45) is 0 Å². The molecule has 2 amide bonds. The van der Waals surface area contributed by atoms with E-state index in [0.29, 0.717) is 6.54 Å². The molecule has 1 heterocycles. The first-order valence-electron chi connectivity index (χ1n) is 6.66. The molecular weight excluding hydrogens is 264 g/mol. The molecule has 5 nitrogen and oxygen atoms in total. The van der Waals surface area contributed by atoms with Gasteiger partial charge in [-0.15, -0.1) is 0 Å². The normalized spacial score (nSPS) is 12.1. The molecule has 3 rings (SSSR count). The third-order valence-corrected chi connectivity index (χ3v) is 3.14. The fourth-order valence-corrected chi connectivity index (χ4v) is 2.14. The summed E-state index contributed by atoms with van der Waals surface area (Å²) < 4.78 is 0. The maximum atomic E-state index is 11.9. The van der Waals surface area contributed by atoms with Crippen LogP contribution in [0.4, 0.5) is 21.9 Å². The van der Waals surface area contributed by atoms with Gasteiger partial charge in [-0.1, -0.05) is 36.9 Å². The Balaban J connectivity index is 1.58. The standard InChI is InChI=1S/C16H16N4O/c1-11-18-14-8-7-13(9-15(14)19-11)20-16(21)17-10-12-5-3-2-4-6-12/h2-9,18-19H,1,10H2,(H2,17,20,21). The molecule has 0 spiro atoms. The van der Waals surface area contributed by atoms with E-state index in [2.05, 4.69) is 27.8 Å². The lowest BCUT2D eigenvalue weighted by Crippen LogP contribution is -2.28. The van der Waals surface area contributed by atoms with Crippen LogP contribution in [0.2, 0.25) is 0 Å².